The van der Waals surface area contributed by atoms with Gasteiger partial charge in [-0.2, -0.15) is 0 Å². The minimum Gasteiger partial charge on any atom is -0.481 e. The number of carboxylic acids is 1. The highest BCUT2D eigenvalue weighted by molar-refractivity contribution is 5.70. The molecule has 0 amide bonds. The molecule has 0 saturated carbocycles. The molecule has 0 bridgehead atoms. The van der Waals surface area contributed by atoms with Crippen molar-refractivity contribution in [1.82, 2.24) is 5.32 Å². The van der Waals surface area contributed by atoms with E-state index in [0.717, 1.165) is 19.3 Å². The van der Waals surface area contributed by atoms with Crippen molar-refractivity contribution in [2.24, 2.45) is 11.8 Å². The molecule has 0 aliphatic heterocycles. The topological polar surface area (TPSA) is 49.3 Å². The lowest BCUT2D eigenvalue weighted by atomic mass is 9.96. The second kappa shape index (κ2) is 9.46. The fourth-order valence-corrected chi connectivity index (χ4v) is 2.05. The van der Waals surface area contributed by atoms with Gasteiger partial charge in [0.15, 0.2) is 0 Å². The van der Waals surface area contributed by atoms with Crippen LogP contribution in [0.15, 0.2) is 0 Å². The van der Waals surface area contributed by atoms with E-state index in [1.165, 1.54) is 12.8 Å². The van der Waals surface area contributed by atoms with Gasteiger partial charge in [0.25, 0.3) is 0 Å². The van der Waals surface area contributed by atoms with Crippen LogP contribution in [0.2, 0.25) is 0 Å². The predicted octanol–water partition coefficient (Wildman–Crippen LogP) is 3.29. The van der Waals surface area contributed by atoms with Crippen LogP contribution in [0.5, 0.6) is 0 Å². The average Bonchev–Trinajstić information content (AvgIpc) is 2.26. The van der Waals surface area contributed by atoms with Gasteiger partial charge in [0.1, 0.15) is 0 Å². The summed E-state index contributed by atoms with van der Waals surface area (Å²) in [6, 6.07) is 0.476. The van der Waals surface area contributed by atoms with Crippen LogP contribution in [0.3, 0.4) is 0 Å². The number of aliphatic carboxylic acids is 1. The molecule has 0 aromatic rings. The van der Waals surface area contributed by atoms with Crippen molar-refractivity contribution in [3.05, 3.63) is 0 Å². The molecule has 17 heavy (non-hydrogen) atoms. The molecule has 0 radical (unpaired) electrons. The molecule has 0 aromatic carbocycles. The molecule has 0 rings (SSSR count). The molecular formula is C14H29NO2. The number of carbonyl (C=O) groups is 1. The van der Waals surface area contributed by atoms with Gasteiger partial charge in [-0.3, -0.25) is 4.79 Å². The van der Waals surface area contributed by atoms with E-state index in [4.69, 9.17) is 5.11 Å². The van der Waals surface area contributed by atoms with Crippen LogP contribution in [0.1, 0.15) is 59.8 Å². The Hall–Kier alpha value is -0.570. The van der Waals surface area contributed by atoms with Gasteiger partial charge in [0.2, 0.25) is 0 Å². The van der Waals surface area contributed by atoms with E-state index < -0.39 is 5.97 Å². The van der Waals surface area contributed by atoms with E-state index in [1.54, 1.807) is 0 Å². The molecule has 0 saturated heterocycles. The summed E-state index contributed by atoms with van der Waals surface area (Å²) in [6.07, 6.45) is 5.40. The summed E-state index contributed by atoms with van der Waals surface area (Å²) < 4.78 is 0. The second-order valence-electron chi connectivity index (χ2n) is 5.32. The lowest BCUT2D eigenvalue weighted by molar-refractivity contribution is -0.142. The Morgan fingerprint density at radius 2 is 1.94 bits per heavy atom. The van der Waals surface area contributed by atoms with Gasteiger partial charge in [-0.1, -0.05) is 40.5 Å². The Morgan fingerprint density at radius 3 is 2.35 bits per heavy atom. The fraction of sp³-hybridized carbons (Fsp3) is 0.929. The highest BCUT2D eigenvalue weighted by atomic mass is 16.4. The molecule has 3 nitrogen and oxygen atoms in total. The maximum absolute atomic E-state index is 11.1. The van der Waals surface area contributed by atoms with Crippen molar-refractivity contribution in [3.63, 3.8) is 0 Å². The van der Waals surface area contributed by atoms with Gasteiger partial charge in [0.05, 0.1) is 5.92 Å². The van der Waals surface area contributed by atoms with Gasteiger partial charge < -0.3 is 10.4 Å². The SMILES string of the molecule is CCCCC(CC)NCC(CC(C)C)C(=O)O. The van der Waals surface area contributed by atoms with E-state index in [9.17, 15) is 4.79 Å². The zero-order valence-corrected chi connectivity index (χ0v) is 11.8. The zero-order valence-electron chi connectivity index (χ0n) is 11.8. The molecule has 0 spiro atoms. The Labute approximate surface area is 106 Å². The molecule has 0 aliphatic rings. The number of nitrogens with one attached hydrogen (secondary N) is 1. The van der Waals surface area contributed by atoms with Crippen LogP contribution < -0.4 is 5.32 Å². The van der Waals surface area contributed by atoms with Crippen LogP contribution in [-0.2, 0) is 4.79 Å². The quantitative estimate of drug-likeness (QED) is 0.619. The molecule has 0 fully saturated rings. The molecule has 2 unspecified atom stereocenters. The highest BCUT2D eigenvalue weighted by Crippen LogP contribution is 2.12. The maximum Gasteiger partial charge on any atom is 0.307 e. The first-order valence-electron chi connectivity index (χ1n) is 6.97. The second-order valence-corrected chi connectivity index (χ2v) is 5.32. The predicted molar refractivity (Wildman–Crippen MR) is 72.2 cm³/mol. The van der Waals surface area contributed by atoms with Crippen LogP contribution in [0.4, 0.5) is 0 Å². The summed E-state index contributed by atoms with van der Waals surface area (Å²) in [4.78, 5) is 11.1. The number of rotatable bonds is 10. The number of carboxylic acid groups (broad SMARTS) is 1. The largest absolute Gasteiger partial charge is 0.481 e. The van der Waals surface area contributed by atoms with Crippen LogP contribution >= 0.6 is 0 Å². The van der Waals surface area contributed by atoms with Gasteiger partial charge in [-0.25, -0.2) is 0 Å². The molecule has 3 heteroatoms. The van der Waals surface area contributed by atoms with Crippen LogP contribution in [0, 0.1) is 11.8 Å². The first kappa shape index (κ1) is 16.4. The Morgan fingerprint density at radius 1 is 1.29 bits per heavy atom. The van der Waals surface area contributed by atoms with E-state index in [0.29, 0.717) is 18.5 Å². The third-order valence-corrected chi connectivity index (χ3v) is 3.16. The molecular weight excluding hydrogens is 214 g/mol. The summed E-state index contributed by atoms with van der Waals surface area (Å²) in [7, 11) is 0. The van der Waals surface area contributed by atoms with Crippen molar-refractivity contribution in [1.29, 1.82) is 0 Å². The Bertz CT molecular complexity index is 204. The standard InChI is InChI=1S/C14H29NO2/c1-5-7-8-13(6-2)15-10-12(14(16)17)9-11(3)4/h11-13,15H,5-10H2,1-4H3,(H,16,17). The Balaban J connectivity index is 4.03. The van der Waals surface area contributed by atoms with Gasteiger partial charge >= 0.3 is 5.97 Å². The minimum absolute atomic E-state index is 0.245. The molecule has 2 N–H and O–H groups in total. The van der Waals surface area contributed by atoms with E-state index in [1.807, 2.05) is 0 Å². The summed E-state index contributed by atoms with van der Waals surface area (Å²) >= 11 is 0. The molecule has 0 aromatic heterocycles. The van der Waals surface area contributed by atoms with Crippen molar-refractivity contribution < 1.29 is 9.90 Å². The fourth-order valence-electron chi connectivity index (χ4n) is 2.05. The summed E-state index contributed by atoms with van der Waals surface area (Å²) in [5.41, 5.74) is 0. The van der Waals surface area contributed by atoms with Crippen molar-refractivity contribution in [2.75, 3.05) is 6.54 Å². The lowest BCUT2D eigenvalue weighted by Gasteiger charge is -2.21. The summed E-state index contributed by atoms with van der Waals surface area (Å²) in [5.74, 6) is -0.476. The van der Waals surface area contributed by atoms with Crippen molar-refractivity contribution >= 4 is 5.97 Å². The third-order valence-electron chi connectivity index (χ3n) is 3.16. The maximum atomic E-state index is 11.1. The van der Waals surface area contributed by atoms with E-state index in [-0.39, 0.29) is 5.92 Å². The average molecular weight is 243 g/mol. The smallest absolute Gasteiger partial charge is 0.307 e. The van der Waals surface area contributed by atoms with E-state index in [2.05, 4.69) is 33.0 Å². The van der Waals surface area contributed by atoms with Crippen molar-refractivity contribution in [2.45, 2.75) is 65.8 Å². The summed E-state index contributed by atoms with van der Waals surface area (Å²) in [5, 5.41) is 12.6. The van der Waals surface area contributed by atoms with Gasteiger partial charge in [-0.15, -0.1) is 0 Å². The number of hydrogen-bond donors (Lipinski definition) is 2. The van der Waals surface area contributed by atoms with Gasteiger partial charge in [0, 0.05) is 12.6 Å². The van der Waals surface area contributed by atoms with Crippen molar-refractivity contribution in [3.8, 4) is 0 Å². The van der Waals surface area contributed by atoms with Crippen LogP contribution in [0.25, 0.3) is 0 Å². The van der Waals surface area contributed by atoms with Crippen LogP contribution in [-0.4, -0.2) is 23.7 Å². The van der Waals surface area contributed by atoms with Gasteiger partial charge in [-0.05, 0) is 25.2 Å². The Kier molecular flexibility index (Phi) is 9.14. The first-order valence-corrected chi connectivity index (χ1v) is 6.97. The molecule has 2 atom stereocenters. The minimum atomic E-state index is -0.670. The molecule has 102 valence electrons. The first-order chi connectivity index (χ1) is 8.01. The monoisotopic (exact) mass is 243 g/mol. The number of unbranched alkanes of at least 4 members (excludes halogenated alkanes) is 1. The third kappa shape index (κ3) is 8.19. The number of hydrogen-bond acceptors (Lipinski definition) is 2. The molecule has 0 aliphatic carbocycles. The normalized spacial score (nSPS) is 14.9. The summed E-state index contributed by atoms with van der Waals surface area (Å²) in [6.45, 7) is 9.10. The highest BCUT2D eigenvalue weighted by Gasteiger charge is 2.19. The lowest BCUT2D eigenvalue weighted by Crippen LogP contribution is -2.36. The zero-order chi connectivity index (χ0) is 13.3. The van der Waals surface area contributed by atoms with E-state index >= 15 is 0 Å². The molecule has 0 heterocycles.